The summed E-state index contributed by atoms with van der Waals surface area (Å²) in [4.78, 5) is 52.8. The Bertz CT molecular complexity index is 1130. The lowest BCUT2D eigenvalue weighted by atomic mass is 10.1. The van der Waals surface area contributed by atoms with Crippen molar-refractivity contribution in [2.45, 2.75) is 26.3 Å². The van der Waals surface area contributed by atoms with Crippen LogP contribution in [0.25, 0.3) is 0 Å². The Morgan fingerprint density at radius 2 is 1.82 bits per heavy atom. The minimum absolute atomic E-state index is 0.0151. The number of nitrogens with zero attached hydrogens (tertiary/aromatic N) is 4. The zero-order valence-electron chi connectivity index (χ0n) is 19.0. The quantitative estimate of drug-likeness (QED) is 0.517. The third-order valence-corrected chi connectivity index (χ3v) is 6.25. The molecule has 0 aliphatic carbocycles. The molecule has 3 amide bonds. The number of amides is 3. The lowest BCUT2D eigenvalue weighted by Crippen LogP contribution is -2.48. The first kappa shape index (κ1) is 23.2. The Kier molecular flexibility index (Phi) is 6.76. The van der Waals surface area contributed by atoms with Gasteiger partial charge in [-0.05, 0) is 36.2 Å². The fraction of sp³-hybridized carbons (Fsp3) is 0.375. The molecule has 2 heterocycles. The van der Waals surface area contributed by atoms with E-state index in [1.165, 1.54) is 13.0 Å². The SMILES string of the molecule is CC(=O)N1CCN(c2ccc(C(=O)NCc3cccc(N4CCCC4=O)c3)cc2[N+](=O)[O-])CC1. The van der Waals surface area contributed by atoms with Crippen LogP contribution in [0, 0.1) is 10.1 Å². The van der Waals surface area contributed by atoms with E-state index in [9.17, 15) is 24.5 Å². The number of rotatable bonds is 6. The molecular weight excluding hydrogens is 438 g/mol. The molecule has 4 rings (SSSR count). The van der Waals surface area contributed by atoms with Crippen molar-refractivity contribution in [3.05, 3.63) is 63.7 Å². The molecule has 0 aromatic heterocycles. The van der Waals surface area contributed by atoms with Gasteiger partial charge in [0.1, 0.15) is 5.69 Å². The van der Waals surface area contributed by atoms with Crippen LogP contribution >= 0.6 is 0 Å². The Hall–Kier alpha value is -3.95. The van der Waals surface area contributed by atoms with Crippen molar-refractivity contribution in [1.82, 2.24) is 10.2 Å². The number of nitro benzene ring substituents is 1. The zero-order chi connectivity index (χ0) is 24.2. The van der Waals surface area contributed by atoms with E-state index in [1.807, 2.05) is 29.2 Å². The Labute approximate surface area is 197 Å². The van der Waals surface area contributed by atoms with E-state index in [0.717, 1.165) is 17.7 Å². The number of carbonyl (C=O) groups is 3. The van der Waals surface area contributed by atoms with Crippen LogP contribution in [0.4, 0.5) is 17.1 Å². The van der Waals surface area contributed by atoms with Crippen LogP contribution < -0.4 is 15.1 Å². The second kappa shape index (κ2) is 9.90. The molecule has 2 aromatic carbocycles. The molecular formula is C24H27N5O5. The summed E-state index contributed by atoms with van der Waals surface area (Å²) in [5.41, 5.74) is 2.13. The molecule has 2 aliphatic rings. The monoisotopic (exact) mass is 465 g/mol. The van der Waals surface area contributed by atoms with Crippen molar-refractivity contribution >= 4 is 34.8 Å². The first-order valence-corrected chi connectivity index (χ1v) is 11.3. The maximum atomic E-state index is 12.7. The van der Waals surface area contributed by atoms with Crippen LogP contribution in [0.5, 0.6) is 0 Å². The molecule has 178 valence electrons. The van der Waals surface area contributed by atoms with Crippen LogP contribution in [-0.2, 0) is 16.1 Å². The fourth-order valence-corrected chi connectivity index (χ4v) is 4.38. The molecule has 34 heavy (non-hydrogen) atoms. The minimum atomic E-state index is -0.486. The molecule has 1 N–H and O–H groups in total. The van der Waals surface area contributed by atoms with Gasteiger partial charge in [0.05, 0.1) is 4.92 Å². The molecule has 2 aliphatic heterocycles. The molecule has 0 bridgehead atoms. The Morgan fingerprint density at radius 3 is 2.47 bits per heavy atom. The predicted octanol–water partition coefficient (Wildman–Crippen LogP) is 2.32. The zero-order valence-corrected chi connectivity index (χ0v) is 19.0. The molecule has 2 fully saturated rings. The van der Waals surface area contributed by atoms with Crippen molar-refractivity contribution < 1.29 is 19.3 Å². The van der Waals surface area contributed by atoms with Crippen LogP contribution in [0.2, 0.25) is 0 Å². The largest absolute Gasteiger partial charge is 0.362 e. The van der Waals surface area contributed by atoms with Gasteiger partial charge in [0.25, 0.3) is 11.6 Å². The van der Waals surface area contributed by atoms with Crippen LogP contribution in [-0.4, -0.2) is 60.3 Å². The summed E-state index contributed by atoms with van der Waals surface area (Å²) in [5, 5.41) is 14.5. The average molecular weight is 466 g/mol. The van der Waals surface area contributed by atoms with Crippen LogP contribution in [0.3, 0.4) is 0 Å². The summed E-state index contributed by atoms with van der Waals surface area (Å²) in [6, 6.07) is 11.9. The highest BCUT2D eigenvalue weighted by molar-refractivity contribution is 5.96. The number of benzene rings is 2. The van der Waals surface area contributed by atoms with E-state index >= 15 is 0 Å². The number of hydrogen-bond acceptors (Lipinski definition) is 6. The van der Waals surface area contributed by atoms with E-state index in [0.29, 0.717) is 44.8 Å². The number of nitro groups is 1. The van der Waals surface area contributed by atoms with Gasteiger partial charge >= 0.3 is 0 Å². The van der Waals surface area contributed by atoms with Gasteiger partial charge in [-0.25, -0.2) is 0 Å². The fourth-order valence-electron chi connectivity index (χ4n) is 4.38. The van der Waals surface area contributed by atoms with Gasteiger partial charge in [-0.1, -0.05) is 12.1 Å². The molecule has 0 atom stereocenters. The average Bonchev–Trinajstić information content (AvgIpc) is 3.28. The third kappa shape index (κ3) is 5.00. The Morgan fingerprint density at radius 1 is 1.06 bits per heavy atom. The lowest BCUT2D eigenvalue weighted by Gasteiger charge is -2.35. The highest BCUT2D eigenvalue weighted by Gasteiger charge is 2.26. The van der Waals surface area contributed by atoms with Crippen molar-refractivity contribution in [3.8, 4) is 0 Å². The summed E-state index contributed by atoms with van der Waals surface area (Å²) < 4.78 is 0. The lowest BCUT2D eigenvalue weighted by molar-refractivity contribution is -0.384. The van der Waals surface area contributed by atoms with E-state index in [2.05, 4.69) is 5.32 Å². The van der Waals surface area contributed by atoms with Gasteiger partial charge in [0, 0.05) is 69.9 Å². The minimum Gasteiger partial charge on any atom is -0.362 e. The van der Waals surface area contributed by atoms with Gasteiger partial charge in [0.15, 0.2) is 0 Å². The van der Waals surface area contributed by atoms with Crippen LogP contribution in [0.15, 0.2) is 42.5 Å². The molecule has 0 saturated carbocycles. The van der Waals surface area contributed by atoms with Crippen molar-refractivity contribution in [2.75, 3.05) is 42.5 Å². The second-order valence-electron chi connectivity index (χ2n) is 8.46. The van der Waals surface area contributed by atoms with Crippen LogP contribution in [0.1, 0.15) is 35.7 Å². The maximum Gasteiger partial charge on any atom is 0.293 e. The number of nitrogens with one attached hydrogen (secondary N) is 1. The summed E-state index contributed by atoms with van der Waals surface area (Å²) in [6.45, 7) is 4.40. The van der Waals surface area contributed by atoms with Gasteiger partial charge in [-0.2, -0.15) is 0 Å². The van der Waals surface area contributed by atoms with Gasteiger partial charge in [-0.15, -0.1) is 0 Å². The summed E-state index contributed by atoms with van der Waals surface area (Å²) in [6.07, 6.45) is 1.38. The summed E-state index contributed by atoms with van der Waals surface area (Å²) >= 11 is 0. The second-order valence-corrected chi connectivity index (χ2v) is 8.46. The van der Waals surface area contributed by atoms with E-state index in [-0.39, 0.29) is 29.6 Å². The number of hydrogen-bond donors (Lipinski definition) is 1. The first-order valence-electron chi connectivity index (χ1n) is 11.3. The van der Waals surface area contributed by atoms with E-state index in [4.69, 9.17) is 0 Å². The van der Waals surface area contributed by atoms with Gasteiger partial charge in [-0.3, -0.25) is 24.5 Å². The van der Waals surface area contributed by atoms with E-state index in [1.54, 1.807) is 21.9 Å². The molecule has 10 nitrogen and oxygen atoms in total. The highest BCUT2D eigenvalue weighted by Crippen LogP contribution is 2.30. The summed E-state index contributed by atoms with van der Waals surface area (Å²) in [7, 11) is 0. The predicted molar refractivity (Wildman–Crippen MR) is 127 cm³/mol. The third-order valence-electron chi connectivity index (χ3n) is 6.25. The number of anilines is 2. The maximum absolute atomic E-state index is 12.7. The van der Waals surface area contributed by atoms with Crippen molar-refractivity contribution in [2.24, 2.45) is 0 Å². The van der Waals surface area contributed by atoms with Gasteiger partial charge in [0.2, 0.25) is 11.8 Å². The molecule has 2 aromatic rings. The molecule has 10 heteroatoms. The smallest absolute Gasteiger partial charge is 0.293 e. The first-order chi connectivity index (χ1) is 16.3. The summed E-state index contributed by atoms with van der Waals surface area (Å²) in [5.74, 6) is -0.339. The normalized spacial score (nSPS) is 16.0. The number of piperazine rings is 1. The molecule has 2 saturated heterocycles. The Balaban J connectivity index is 1.44. The van der Waals surface area contributed by atoms with Crippen molar-refractivity contribution in [3.63, 3.8) is 0 Å². The molecule has 0 unspecified atom stereocenters. The topological polar surface area (TPSA) is 116 Å². The van der Waals surface area contributed by atoms with Crippen molar-refractivity contribution in [1.29, 1.82) is 0 Å². The highest BCUT2D eigenvalue weighted by atomic mass is 16.6. The molecule has 0 radical (unpaired) electrons. The van der Waals surface area contributed by atoms with Gasteiger partial charge < -0.3 is 20.0 Å². The van der Waals surface area contributed by atoms with E-state index < -0.39 is 10.8 Å². The standard InChI is InChI=1S/C24H27N5O5/c1-17(30)26-10-12-27(13-11-26)21-8-7-19(15-22(21)29(33)34)24(32)25-16-18-4-2-5-20(14-18)28-9-3-6-23(28)31/h2,4-5,7-8,14-15H,3,6,9-13,16H2,1H3,(H,25,32). The number of carbonyl (C=O) groups excluding carboxylic acids is 3. The molecule has 0 spiro atoms.